The predicted molar refractivity (Wildman–Crippen MR) is 86.1 cm³/mol. The average Bonchev–Trinajstić information content (AvgIpc) is 2.43. The first kappa shape index (κ1) is 15.4. The van der Waals surface area contributed by atoms with Crippen LogP contribution in [-0.2, 0) is 11.2 Å². The van der Waals surface area contributed by atoms with Gasteiger partial charge in [-0.3, -0.25) is 4.79 Å². The molecule has 0 bridgehead atoms. The van der Waals surface area contributed by atoms with E-state index in [0.717, 1.165) is 0 Å². The number of nitrogens with two attached hydrogens (primary N) is 1. The molecule has 0 aromatic heterocycles. The fourth-order valence-corrected chi connectivity index (χ4v) is 2.15. The Morgan fingerprint density at radius 3 is 2.48 bits per heavy atom. The van der Waals surface area contributed by atoms with Gasteiger partial charge in [-0.15, -0.1) is 0 Å². The lowest BCUT2D eigenvalue weighted by Gasteiger charge is -2.08. The SMILES string of the molecule is NC(=S)c1ccc(NC(=O)Cc2c(F)cccc2Cl)cc1. The van der Waals surface area contributed by atoms with E-state index in [4.69, 9.17) is 29.6 Å². The molecule has 1 amide bonds. The number of benzene rings is 2. The molecule has 2 aromatic rings. The van der Waals surface area contributed by atoms with Crippen LogP contribution in [0.1, 0.15) is 11.1 Å². The highest BCUT2D eigenvalue weighted by Gasteiger charge is 2.12. The number of hydrogen-bond donors (Lipinski definition) is 2. The van der Waals surface area contributed by atoms with Gasteiger partial charge >= 0.3 is 0 Å². The average molecular weight is 323 g/mol. The lowest BCUT2D eigenvalue weighted by atomic mass is 10.1. The zero-order valence-corrected chi connectivity index (χ0v) is 12.5. The number of carbonyl (C=O) groups is 1. The van der Waals surface area contributed by atoms with Crippen LogP contribution >= 0.6 is 23.8 Å². The van der Waals surface area contributed by atoms with Crippen LogP contribution in [0, 0.1) is 5.82 Å². The highest BCUT2D eigenvalue weighted by atomic mass is 35.5. The molecule has 0 fully saturated rings. The normalized spacial score (nSPS) is 10.2. The maximum Gasteiger partial charge on any atom is 0.228 e. The molecule has 0 atom stereocenters. The zero-order valence-electron chi connectivity index (χ0n) is 10.9. The van der Waals surface area contributed by atoms with Crippen LogP contribution in [0.3, 0.4) is 0 Å². The first-order valence-electron chi connectivity index (χ1n) is 6.10. The molecule has 108 valence electrons. The van der Waals surface area contributed by atoms with Crippen molar-refractivity contribution in [3.8, 4) is 0 Å². The number of halogens is 2. The molecule has 0 unspecified atom stereocenters. The molecule has 0 saturated carbocycles. The van der Waals surface area contributed by atoms with Gasteiger partial charge in [-0.25, -0.2) is 4.39 Å². The number of nitrogens with one attached hydrogen (secondary N) is 1. The summed E-state index contributed by atoms with van der Waals surface area (Å²) in [5.74, 6) is -0.855. The molecule has 6 heteroatoms. The molecular formula is C15H12ClFN2OS. The molecule has 0 aliphatic carbocycles. The number of thiocarbonyl (C=S) groups is 1. The van der Waals surface area contributed by atoms with Crippen LogP contribution in [0.25, 0.3) is 0 Å². The van der Waals surface area contributed by atoms with E-state index < -0.39 is 5.82 Å². The standard InChI is InChI=1S/C15H12ClFN2OS/c16-12-2-1-3-13(17)11(12)8-14(20)19-10-6-4-9(5-7-10)15(18)21/h1-7H,8H2,(H2,18,21)(H,19,20). The Kier molecular flexibility index (Phi) is 4.88. The van der Waals surface area contributed by atoms with Crippen molar-refractivity contribution >= 4 is 40.4 Å². The van der Waals surface area contributed by atoms with Crippen molar-refractivity contribution in [3.05, 3.63) is 64.4 Å². The summed E-state index contributed by atoms with van der Waals surface area (Å²) < 4.78 is 13.6. The second kappa shape index (κ2) is 6.65. The molecule has 3 N–H and O–H groups in total. The first-order valence-corrected chi connectivity index (χ1v) is 6.88. The van der Waals surface area contributed by atoms with Crippen molar-refractivity contribution in [2.45, 2.75) is 6.42 Å². The predicted octanol–water partition coefficient (Wildman–Crippen LogP) is 3.29. The molecule has 2 aromatic carbocycles. The number of hydrogen-bond acceptors (Lipinski definition) is 2. The van der Waals surface area contributed by atoms with Crippen molar-refractivity contribution in [1.29, 1.82) is 0 Å². The maximum atomic E-state index is 13.6. The Morgan fingerprint density at radius 2 is 1.90 bits per heavy atom. The van der Waals surface area contributed by atoms with E-state index in [2.05, 4.69) is 5.32 Å². The molecule has 3 nitrogen and oxygen atoms in total. The molecule has 0 radical (unpaired) electrons. The Bertz CT molecular complexity index is 668. The van der Waals surface area contributed by atoms with E-state index in [9.17, 15) is 9.18 Å². The first-order chi connectivity index (χ1) is 9.97. The molecule has 0 aliphatic heterocycles. The van der Waals surface area contributed by atoms with Crippen LogP contribution < -0.4 is 11.1 Å². The van der Waals surface area contributed by atoms with Crippen LogP contribution in [-0.4, -0.2) is 10.9 Å². The Hall–Kier alpha value is -1.98. The summed E-state index contributed by atoms with van der Waals surface area (Å²) in [5.41, 5.74) is 6.95. The van der Waals surface area contributed by atoms with Crippen molar-refractivity contribution in [2.24, 2.45) is 5.73 Å². The minimum Gasteiger partial charge on any atom is -0.389 e. The summed E-state index contributed by atoms with van der Waals surface area (Å²) in [6, 6.07) is 11.1. The van der Waals surface area contributed by atoms with Crippen molar-refractivity contribution in [1.82, 2.24) is 0 Å². The lowest BCUT2D eigenvalue weighted by molar-refractivity contribution is -0.115. The molecule has 0 aliphatic rings. The highest BCUT2D eigenvalue weighted by Crippen LogP contribution is 2.20. The van der Waals surface area contributed by atoms with E-state index in [-0.39, 0.29) is 27.9 Å². The maximum absolute atomic E-state index is 13.6. The molecule has 21 heavy (non-hydrogen) atoms. The fourth-order valence-electron chi connectivity index (χ4n) is 1.78. The van der Waals surface area contributed by atoms with Crippen molar-refractivity contribution in [3.63, 3.8) is 0 Å². The van der Waals surface area contributed by atoms with Gasteiger partial charge in [0.25, 0.3) is 0 Å². The van der Waals surface area contributed by atoms with Crippen molar-refractivity contribution in [2.75, 3.05) is 5.32 Å². The summed E-state index contributed by atoms with van der Waals surface area (Å²) in [7, 11) is 0. The van der Waals surface area contributed by atoms with Crippen LogP contribution in [0.2, 0.25) is 5.02 Å². The molecular weight excluding hydrogens is 311 g/mol. The summed E-state index contributed by atoms with van der Waals surface area (Å²) in [4.78, 5) is 12.2. The van der Waals surface area contributed by atoms with E-state index in [0.29, 0.717) is 11.3 Å². The number of amides is 1. The third-order valence-corrected chi connectivity index (χ3v) is 3.44. The Balaban J connectivity index is 2.06. The number of carbonyl (C=O) groups excluding carboxylic acids is 1. The monoisotopic (exact) mass is 322 g/mol. The molecule has 0 heterocycles. The van der Waals surface area contributed by atoms with Gasteiger partial charge in [0, 0.05) is 21.8 Å². The second-order valence-electron chi connectivity index (χ2n) is 4.37. The third kappa shape index (κ3) is 4.00. The summed E-state index contributed by atoms with van der Waals surface area (Å²) in [5, 5.41) is 2.89. The zero-order chi connectivity index (χ0) is 15.4. The quantitative estimate of drug-likeness (QED) is 0.849. The van der Waals surface area contributed by atoms with Crippen LogP contribution in [0.4, 0.5) is 10.1 Å². The van der Waals surface area contributed by atoms with Crippen molar-refractivity contribution < 1.29 is 9.18 Å². The largest absolute Gasteiger partial charge is 0.389 e. The topological polar surface area (TPSA) is 55.1 Å². The van der Waals surface area contributed by atoms with Gasteiger partial charge < -0.3 is 11.1 Å². The van der Waals surface area contributed by atoms with Gasteiger partial charge in [-0.1, -0.05) is 29.9 Å². The molecule has 0 saturated heterocycles. The summed E-state index contributed by atoms with van der Waals surface area (Å²) in [6.07, 6.45) is -0.136. The lowest BCUT2D eigenvalue weighted by Crippen LogP contribution is -2.16. The van der Waals surface area contributed by atoms with E-state index in [1.807, 2.05) is 0 Å². The van der Waals surface area contributed by atoms with Gasteiger partial charge in [-0.2, -0.15) is 0 Å². The number of rotatable bonds is 4. The minimum atomic E-state index is -0.499. The minimum absolute atomic E-state index is 0.136. The van der Waals surface area contributed by atoms with Gasteiger partial charge in [0.15, 0.2) is 0 Å². The highest BCUT2D eigenvalue weighted by molar-refractivity contribution is 7.80. The second-order valence-corrected chi connectivity index (χ2v) is 5.21. The van der Waals surface area contributed by atoms with Crippen LogP contribution in [0.15, 0.2) is 42.5 Å². The van der Waals surface area contributed by atoms with Gasteiger partial charge in [0.05, 0.1) is 6.42 Å². The summed E-state index contributed by atoms with van der Waals surface area (Å²) in [6.45, 7) is 0. The smallest absolute Gasteiger partial charge is 0.228 e. The fraction of sp³-hybridized carbons (Fsp3) is 0.0667. The van der Waals surface area contributed by atoms with E-state index >= 15 is 0 Å². The third-order valence-electron chi connectivity index (χ3n) is 2.85. The van der Waals surface area contributed by atoms with Gasteiger partial charge in [-0.05, 0) is 36.4 Å². The van der Waals surface area contributed by atoms with Crippen LogP contribution in [0.5, 0.6) is 0 Å². The Morgan fingerprint density at radius 1 is 1.24 bits per heavy atom. The summed E-state index contributed by atoms with van der Waals surface area (Å²) >= 11 is 10.7. The molecule has 0 spiro atoms. The molecule has 2 rings (SSSR count). The van der Waals surface area contributed by atoms with Gasteiger partial charge in [0.2, 0.25) is 5.91 Å². The van der Waals surface area contributed by atoms with E-state index in [1.165, 1.54) is 12.1 Å². The van der Waals surface area contributed by atoms with Gasteiger partial charge in [0.1, 0.15) is 10.8 Å². The van der Waals surface area contributed by atoms with E-state index in [1.54, 1.807) is 30.3 Å². The Labute approximate surface area is 131 Å². The number of anilines is 1.